The van der Waals surface area contributed by atoms with Crippen molar-refractivity contribution in [1.82, 2.24) is 20.3 Å². The summed E-state index contributed by atoms with van der Waals surface area (Å²) in [5.41, 5.74) is -0.00506. The minimum absolute atomic E-state index is 0.0148. The van der Waals surface area contributed by atoms with Crippen molar-refractivity contribution in [2.24, 2.45) is 11.8 Å². The number of aromatic nitrogens is 1. The van der Waals surface area contributed by atoms with Crippen LogP contribution in [-0.2, 0) is 4.79 Å². The van der Waals surface area contributed by atoms with Gasteiger partial charge in [-0.3, -0.25) is 14.5 Å². The van der Waals surface area contributed by atoms with Gasteiger partial charge < -0.3 is 14.7 Å². The predicted octanol–water partition coefficient (Wildman–Crippen LogP) is 2.93. The standard InChI is InChI=1S/C23H28F2N4O3/c1-13(14-4-5-14)29-9-8-19(17(12-29)23(31)28(2)3)26-22(30)20-11-21(32-27-20)16-7-6-15(24)10-18(16)25/h6-7,10-11,13-14,17,19H,4-5,8-9,12H2,1-3H3,(H,26,30)/t13-,17+,19+/m1/s1. The number of nitrogens with zero attached hydrogens (tertiary/aromatic N) is 3. The number of hydrogen-bond donors (Lipinski definition) is 1. The van der Waals surface area contributed by atoms with Gasteiger partial charge in [0.1, 0.15) is 11.6 Å². The van der Waals surface area contributed by atoms with E-state index in [2.05, 4.69) is 22.3 Å². The predicted molar refractivity (Wildman–Crippen MR) is 114 cm³/mol. The molecule has 2 aromatic rings. The highest BCUT2D eigenvalue weighted by atomic mass is 19.1. The van der Waals surface area contributed by atoms with Crippen LogP contribution >= 0.6 is 0 Å². The second-order valence-electron chi connectivity index (χ2n) is 8.98. The van der Waals surface area contributed by atoms with Gasteiger partial charge in [-0.1, -0.05) is 5.16 Å². The number of likely N-dealkylation sites (tertiary alicyclic amines) is 1. The van der Waals surface area contributed by atoms with Crippen LogP contribution in [0.4, 0.5) is 8.78 Å². The molecule has 2 amide bonds. The average Bonchev–Trinajstić information content (AvgIpc) is 3.49. The van der Waals surface area contributed by atoms with Crippen LogP contribution in [0.3, 0.4) is 0 Å². The summed E-state index contributed by atoms with van der Waals surface area (Å²) in [5.74, 6) is -1.68. The average molecular weight is 446 g/mol. The van der Waals surface area contributed by atoms with Crippen LogP contribution in [0.5, 0.6) is 0 Å². The van der Waals surface area contributed by atoms with Crippen molar-refractivity contribution in [2.75, 3.05) is 27.2 Å². The third-order valence-corrected chi connectivity index (χ3v) is 6.54. The van der Waals surface area contributed by atoms with E-state index in [-0.39, 0.29) is 34.9 Å². The fourth-order valence-electron chi connectivity index (χ4n) is 4.42. The molecule has 2 fully saturated rings. The van der Waals surface area contributed by atoms with Gasteiger partial charge in [-0.25, -0.2) is 8.78 Å². The molecule has 0 unspecified atom stereocenters. The summed E-state index contributed by atoms with van der Waals surface area (Å²) in [6.07, 6.45) is 3.10. The topological polar surface area (TPSA) is 78.7 Å². The molecule has 1 saturated heterocycles. The molecule has 3 atom stereocenters. The Hall–Kier alpha value is -2.81. The third-order valence-electron chi connectivity index (χ3n) is 6.54. The van der Waals surface area contributed by atoms with Crippen LogP contribution in [0.25, 0.3) is 11.3 Å². The molecule has 32 heavy (non-hydrogen) atoms. The van der Waals surface area contributed by atoms with Gasteiger partial charge in [0.2, 0.25) is 5.91 Å². The van der Waals surface area contributed by atoms with Crippen LogP contribution < -0.4 is 5.32 Å². The lowest BCUT2D eigenvalue weighted by atomic mass is 9.89. The first-order valence-electron chi connectivity index (χ1n) is 10.9. The van der Waals surface area contributed by atoms with Gasteiger partial charge >= 0.3 is 0 Å². The largest absolute Gasteiger partial charge is 0.355 e. The van der Waals surface area contributed by atoms with E-state index in [0.717, 1.165) is 18.7 Å². The number of benzene rings is 1. The summed E-state index contributed by atoms with van der Waals surface area (Å²) in [7, 11) is 3.43. The van der Waals surface area contributed by atoms with Crippen molar-refractivity contribution in [3.8, 4) is 11.3 Å². The molecule has 7 nitrogen and oxygen atoms in total. The summed E-state index contributed by atoms with van der Waals surface area (Å²) in [6, 6.07) is 4.48. The van der Waals surface area contributed by atoms with Crippen molar-refractivity contribution in [1.29, 1.82) is 0 Å². The maximum Gasteiger partial charge on any atom is 0.273 e. The summed E-state index contributed by atoms with van der Waals surface area (Å²) >= 11 is 0. The fourth-order valence-corrected chi connectivity index (χ4v) is 4.42. The van der Waals surface area contributed by atoms with Crippen LogP contribution in [-0.4, -0.2) is 66.0 Å². The molecule has 9 heteroatoms. The molecule has 172 valence electrons. The van der Waals surface area contributed by atoms with Crippen molar-refractivity contribution in [2.45, 2.75) is 38.3 Å². The number of nitrogens with one attached hydrogen (secondary N) is 1. The van der Waals surface area contributed by atoms with E-state index in [4.69, 9.17) is 4.52 Å². The van der Waals surface area contributed by atoms with E-state index in [1.807, 2.05) is 0 Å². The van der Waals surface area contributed by atoms with Gasteiger partial charge in [0, 0.05) is 51.4 Å². The third kappa shape index (κ3) is 4.67. The number of rotatable bonds is 6. The maximum atomic E-state index is 14.0. The second-order valence-corrected chi connectivity index (χ2v) is 8.98. The molecule has 1 aromatic heterocycles. The molecule has 1 saturated carbocycles. The summed E-state index contributed by atoms with van der Waals surface area (Å²) in [6.45, 7) is 3.59. The van der Waals surface area contributed by atoms with Crippen LogP contribution in [0.1, 0.15) is 36.7 Å². The quantitative estimate of drug-likeness (QED) is 0.738. The Morgan fingerprint density at radius 2 is 1.97 bits per heavy atom. The number of hydrogen-bond acceptors (Lipinski definition) is 5. The number of carbonyl (C=O) groups excluding carboxylic acids is 2. The van der Waals surface area contributed by atoms with Crippen molar-refractivity contribution in [3.05, 3.63) is 41.6 Å². The van der Waals surface area contributed by atoms with E-state index in [1.165, 1.54) is 25.0 Å². The van der Waals surface area contributed by atoms with Crippen LogP contribution in [0.2, 0.25) is 0 Å². The highest BCUT2D eigenvalue weighted by molar-refractivity contribution is 5.94. The lowest BCUT2D eigenvalue weighted by Crippen LogP contribution is -2.57. The summed E-state index contributed by atoms with van der Waals surface area (Å²) < 4.78 is 32.3. The molecule has 1 aromatic carbocycles. The molecule has 2 aliphatic rings. The van der Waals surface area contributed by atoms with E-state index >= 15 is 0 Å². The summed E-state index contributed by atoms with van der Waals surface area (Å²) in [5, 5.41) is 6.67. The smallest absolute Gasteiger partial charge is 0.273 e. The van der Waals surface area contributed by atoms with Crippen molar-refractivity contribution in [3.63, 3.8) is 0 Å². The van der Waals surface area contributed by atoms with Gasteiger partial charge in [0.25, 0.3) is 5.91 Å². The SMILES string of the molecule is C[C@H](C1CC1)N1CC[C@H](NC(=O)c2cc(-c3ccc(F)cc3F)on2)[C@@H](C(=O)N(C)C)C1. The van der Waals surface area contributed by atoms with Gasteiger partial charge in [-0.15, -0.1) is 0 Å². The Bertz CT molecular complexity index is 1000. The van der Waals surface area contributed by atoms with E-state index < -0.39 is 17.5 Å². The molecule has 0 bridgehead atoms. The van der Waals surface area contributed by atoms with E-state index in [1.54, 1.807) is 19.0 Å². The highest BCUT2D eigenvalue weighted by Gasteiger charge is 2.41. The Balaban J connectivity index is 1.47. The molecule has 0 radical (unpaired) electrons. The normalized spacial score (nSPS) is 22.4. The van der Waals surface area contributed by atoms with Gasteiger partial charge in [-0.2, -0.15) is 0 Å². The number of halogens is 2. The minimum Gasteiger partial charge on any atom is -0.355 e. The molecule has 1 aliphatic heterocycles. The van der Waals surface area contributed by atoms with Crippen molar-refractivity contribution < 1.29 is 22.9 Å². The molecule has 1 aliphatic carbocycles. The lowest BCUT2D eigenvalue weighted by molar-refractivity contribution is -0.136. The van der Waals surface area contributed by atoms with Crippen LogP contribution in [0.15, 0.2) is 28.8 Å². The van der Waals surface area contributed by atoms with E-state index in [9.17, 15) is 18.4 Å². The minimum atomic E-state index is -0.804. The molecule has 2 heterocycles. The zero-order valence-electron chi connectivity index (χ0n) is 18.5. The molecular weight excluding hydrogens is 418 g/mol. The zero-order chi connectivity index (χ0) is 23.0. The zero-order valence-corrected chi connectivity index (χ0v) is 18.5. The number of carbonyl (C=O) groups is 2. The fraction of sp³-hybridized carbons (Fsp3) is 0.522. The number of amides is 2. The monoisotopic (exact) mass is 446 g/mol. The lowest BCUT2D eigenvalue weighted by Gasteiger charge is -2.41. The first-order valence-corrected chi connectivity index (χ1v) is 10.9. The highest BCUT2D eigenvalue weighted by Crippen LogP contribution is 2.36. The van der Waals surface area contributed by atoms with Crippen LogP contribution in [0, 0.1) is 23.5 Å². The first kappa shape index (κ1) is 22.4. The van der Waals surface area contributed by atoms with Gasteiger partial charge in [0.05, 0.1) is 11.5 Å². The Morgan fingerprint density at radius 1 is 1.22 bits per heavy atom. The summed E-state index contributed by atoms with van der Waals surface area (Å²) in [4.78, 5) is 29.6. The van der Waals surface area contributed by atoms with Crippen molar-refractivity contribution >= 4 is 11.8 Å². The Kier molecular flexibility index (Phi) is 6.28. The molecular formula is C23H28F2N4O3. The molecule has 1 N–H and O–H groups in total. The Morgan fingerprint density at radius 3 is 2.62 bits per heavy atom. The number of piperidine rings is 1. The molecule has 4 rings (SSSR count). The van der Waals surface area contributed by atoms with Gasteiger partial charge in [0.15, 0.2) is 11.5 Å². The maximum absolute atomic E-state index is 14.0. The molecule has 0 spiro atoms. The second kappa shape index (κ2) is 8.97. The van der Waals surface area contributed by atoms with Gasteiger partial charge in [-0.05, 0) is 44.2 Å². The first-order chi connectivity index (χ1) is 15.2. The van der Waals surface area contributed by atoms with E-state index in [0.29, 0.717) is 24.9 Å². The Labute approximate surface area is 185 Å².